The number of hydrogen-bond donors (Lipinski definition) is 0. The molecule has 0 fully saturated rings. The number of ether oxygens (including phenoxy) is 1. The number of carbonyl (C=O) groups excluding carboxylic acids is 1. The highest BCUT2D eigenvalue weighted by molar-refractivity contribution is 8.00. The molecule has 0 saturated heterocycles. The van der Waals surface area contributed by atoms with Crippen molar-refractivity contribution in [2.24, 2.45) is 0 Å². The van der Waals surface area contributed by atoms with Gasteiger partial charge in [-0.15, -0.1) is 0 Å². The molecule has 5 heteroatoms. The lowest BCUT2D eigenvalue weighted by Gasteiger charge is -2.16. The van der Waals surface area contributed by atoms with Gasteiger partial charge in [0, 0.05) is 11.1 Å². The summed E-state index contributed by atoms with van der Waals surface area (Å²) in [6.07, 6.45) is 0. The molecule has 0 aliphatic heterocycles. The maximum atomic E-state index is 12.8. The van der Waals surface area contributed by atoms with Gasteiger partial charge in [0.05, 0.1) is 18.0 Å². The first kappa shape index (κ1) is 20.8. The van der Waals surface area contributed by atoms with Crippen LogP contribution in [0, 0.1) is 0 Å². The van der Waals surface area contributed by atoms with E-state index in [4.69, 9.17) is 14.7 Å². The first-order valence-electron chi connectivity index (χ1n) is 10.1. The number of esters is 1. The average molecular weight is 427 g/mol. The fourth-order valence-electron chi connectivity index (χ4n) is 3.19. The van der Waals surface area contributed by atoms with Crippen molar-refractivity contribution in [3.63, 3.8) is 0 Å². The summed E-state index contributed by atoms with van der Waals surface area (Å²) in [5, 5.41) is -0.0158. The highest BCUT2D eigenvalue weighted by atomic mass is 32.2. The molecule has 0 spiro atoms. The predicted octanol–water partition coefficient (Wildman–Crippen LogP) is 6.21. The van der Waals surface area contributed by atoms with Crippen LogP contribution < -0.4 is 0 Å². The highest BCUT2D eigenvalue weighted by Gasteiger charge is 2.25. The summed E-state index contributed by atoms with van der Waals surface area (Å²) in [5.74, 6) is -0.298. The third-order valence-corrected chi connectivity index (χ3v) is 5.76. The van der Waals surface area contributed by atoms with E-state index in [-0.39, 0.29) is 5.97 Å². The molecule has 0 aliphatic rings. The van der Waals surface area contributed by atoms with E-state index in [0.717, 1.165) is 28.1 Å². The molecule has 4 aromatic rings. The van der Waals surface area contributed by atoms with Crippen molar-refractivity contribution in [3.05, 3.63) is 103 Å². The normalized spacial score (nSPS) is 11.6. The number of carbonyl (C=O) groups is 1. The van der Waals surface area contributed by atoms with Crippen LogP contribution in [0.15, 0.2) is 102 Å². The Morgan fingerprint density at radius 2 is 1.29 bits per heavy atom. The maximum absolute atomic E-state index is 12.8. The first-order valence-corrected chi connectivity index (χ1v) is 11.0. The van der Waals surface area contributed by atoms with Gasteiger partial charge < -0.3 is 4.74 Å². The van der Waals surface area contributed by atoms with Gasteiger partial charge in [0.1, 0.15) is 5.25 Å². The molecule has 4 rings (SSSR count). The zero-order chi connectivity index (χ0) is 21.5. The quantitative estimate of drug-likeness (QED) is 0.200. The largest absolute Gasteiger partial charge is 0.465 e. The minimum Gasteiger partial charge on any atom is -0.465 e. The second-order valence-corrected chi connectivity index (χ2v) is 7.89. The minimum absolute atomic E-state index is 0.298. The van der Waals surface area contributed by atoms with Gasteiger partial charge in [0.2, 0.25) is 0 Å². The summed E-state index contributed by atoms with van der Waals surface area (Å²) in [4.78, 5) is 22.3. The van der Waals surface area contributed by atoms with E-state index in [1.807, 2.05) is 104 Å². The molecule has 1 unspecified atom stereocenters. The number of benzene rings is 3. The van der Waals surface area contributed by atoms with Crippen LogP contribution in [0.1, 0.15) is 17.7 Å². The SMILES string of the molecule is CCOC(=O)C(Sc1nc(-c2ccccc2)cc(-c2ccccc2)n1)c1ccccc1. The van der Waals surface area contributed by atoms with Gasteiger partial charge in [0.15, 0.2) is 5.16 Å². The molecule has 0 N–H and O–H groups in total. The standard InChI is InChI=1S/C26H22N2O2S/c1-2-30-25(29)24(21-16-10-5-11-17-21)31-26-27-22(19-12-6-3-7-13-19)18-23(28-26)20-14-8-4-9-15-20/h3-18,24H,2H2,1H3. The molecule has 0 saturated carbocycles. The number of thioether (sulfide) groups is 1. The fraction of sp³-hybridized carbons (Fsp3) is 0.115. The van der Waals surface area contributed by atoms with Crippen molar-refractivity contribution in [2.45, 2.75) is 17.3 Å². The lowest BCUT2D eigenvalue weighted by atomic mass is 10.1. The number of hydrogen-bond acceptors (Lipinski definition) is 5. The molecule has 0 bridgehead atoms. The third-order valence-electron chi connectivity index (χ3n) is 4.67. The topological polar surface area (TPSA) is 52.1 Å². The summed E-state index contributed by atoms with van der Waals surface area (Å²) in [6, 6.07) is 31.6. The lowest BCUT2D eigenvalue weighted by molar-refractivity contribution is -0.142. The van der Waals surface area contributed by atoms with E-state index >= 15 is 0 Å². The van der Waals surface area contributed by atoms with Gasteiger partial charge in [-0.3, -0.25) is 4.79 Å². The van der Waals surface area contributed by atoms with Gasteiger partial charge in [-0.05, 0) is 18.6 Å². The monoisotopic (exact) mass is 426 g/mol. The lowest BCUT2D eigenvalue weighted by Crippen LogP contribution is -2.14. The Morgan fingerprint density at radius 3 is 1.77 bits per heavy atom. The Balaban J connectivity index is 1.78. The smallest absolute Gasteiger partial charge is 0.324 e. The number of nitrogens with zero attached hydrogens (tertiary/aromatic N) is 2. The van der Waals surface area contributed by atoms with Crippen LogP contribution in [-0.2, 0) is 9.53 Å². The van der Waals surface area contributed by atoms with Crippen molar-refractivity contribution in [1.82, 2.24) is 9.97 Å². The van der Waals surface area contributed by atoms with Crippen molar-refractivity contribution >= 4 is 17.7 Å². The molecule has 1 atom stereocenters. The molecule has 154 valence electrons. The third kappa shape index (κ3) is 5.19. The Morgan fingerprint density at radius 1 is 0.806 bits per heavy atom. The maximum Gasteiger partial charge on any atom is 0.324 e. The molecule has 0 amide bonds. The summed E-state index contributed by atoms with van der Waals surface area (Å²) < 4.78 is 5.35. The van der Waals surface area contributed by atoms with Gasteiger partial charge in [-0.1, -0.05) is 103 Å². The van der Waals surface area contributed by atoms with E-state index in [1.165, 1.54) is 11.8 Å². The van der Waals surface area contributed by atoms with Crippen LogP contribution in [0.5, 0.6) is 0 Å². The summed E-state index contributed by atoms with van der Waals surface area (Å²) in [6.45, 7) is 2.13. The molecule has 0 aliphatic carbocycles. The summed E-state index contributed by atoms with van der Waals surface area (Å²) in [5.41, 5.74) is 4.48. The Labute approximate surface area is 186 Å². The van der Waals surface area contributed by atoms with Crippen molar-refractivity contribution < 1.29 is 9.53 Å². The first-order chi connectivity index (χ1) is 15.2. The average Bonchev–Trinajstić information content (AvgIpc) is 2.84. The molecule has 1 heterocycles. The van der Waals surface area contributed by atoms with Gasteiger partial charge in [-0.25, -0.2) is 9.97 Å². The van der Waals surface area contributed by atoms with Gasteiger partial charge >= 0.3 is 5.97 Å². The van der Waals surface area contributed by atoms with E-state index in [9.17, 15) is 4.79 Å². The van der Waals surface area contributed by atoms with Crippen LogP contribution in [0.3, 0.4) is 0 Å². The van der Waals surface area contributed by atoms with Crippen LogP contribution >= 0.6 is 11.8 Å². The van der Waals surface area contributed by atoms with E-state index in [1.54, 1.807) is 0 Å². The number of aromatic nitrogens is 2. The highest BCUT2D eigenvalue weighted by Crippen LogP contribution is 2.36. The van der Waals surface area contributed by atoms with E-state index in [2.05, 4.69) is 0 Å². The Bertz CT molecular complexity index is 1080. The summed E-state index contributed by atoms with van der Waals surface area (Å²) in [7, 11) is 0. The van der Waals surface area contributed by atoms with Crippen LogP contribution in [0.25, 0.3) is 22.5 Å². The zero-order valence-corrected chi connectivity index (χ0v) is 18.0. The second-order valence-electron chi connectivity index (χ2n) is 6.81. The van der Waals surface area contributed by atoms with E-state index in [0.29, 0.717) is 11.8 Å². The van der Waals surface area contributed by atoms with Crippen molar-refractivity contribution in [3.8, 4) is 22.5 Å². The molecule has 3 aromatic carbocycles. The van der Waals surface area contributed by atoms with Crippen molar-refractivity contribution in [2.75, 3.05) is 6.61 Å². The van der Waals surface area contributed by atoms with Gasteiger partial charge in [0.25, 0.3) is 0 Å². The Hall–Kier alpha value is -3.44. The van der Waals surface area contributed by atoms with E-state index < -0.39 is 5.25 Å². The van der Waals surface area contributed by atoms with Crippen LogP contribution in [-0.4, -0.2) is 22.5 Å². The van der Waals surface area contributed by atoms with Crippen molar-refractivity contribution in [1.29, 1.82) is 0 Å². The molecule has 1 aromatic heterocycles. The fourth-order valence-corrected chi connectivity index (χ4v) is 4.17. The Kier molecular flexibility index (Phi) is 6.75. The molecular weight excluding hydrogens is 404 g/mol. The molecular formula is C26H22N2O2S. The summed E-state index contributed by atoms with van der Waals surface area (Å²) >= 11 is 1.31. The minimum atomic E-state index is -0.546. The second kappa shape index (κ2) is 10.0. The molecule has 0 radical (unpaired) electrons. The number of rotatable bonds is 7. The molecule has 31 heavy (non-hydrogen) atoms. The van der Waals surface area contributed by atoms with Crippen LogP contribution in [0.2, 0.25) is 0 Å². The zero-order valence-electron chi connectivity index (χ0n) is 17.1. The van der Waals surface area contributed by atoms with Gasteiger partial charge in [-0.2, -0.15) is 0 Å². The predicted molar refractivity (Wildman–Crippen MR) is 125 cm³/mol. The van der Waals surface area contributed by atoms with Crippen LogP contribution in [0.4, 0.5) is 0 Å². The molecule has 4 nitrogen and oxygen atoms in total.